The van der Waals surface area contributed by atoms with E-state index in [-0.39, 0.29) is 0 Å². The van der Waals surface area contributed by atoms with Crippen LogP contribution in [-0.2, 0) is 6.42 Å². The van der Waals surface area contributed by atoms with Crippen molar-refractivity contribution in [1.82, 2.24) is 4.98 Å². The van der Waals surface area contributed by atoms with Crippen molar-refractivity contribution >= 4 is 17.0 Å². The molecule has 2 nitrogen and oxygen atoms in total. The molecule has 170 valence electrons. The summed E-state index contributed by atoms with van der Waals surface area (Å²) < 4.78 is 0. The third kappa shape index (κ3) is 6.11. The average Bonchev–Trinajstić information content (AvgIpc) is 3.35. The highest BCUT2D eigenvalue weighted by atomic mass is 32.1. The summed E-state index contributed by atoms with van der Waals surface area (Å²) in [5.74, 6) is 0. The molecule has 4 aromatic rings. The highest BCUT2D eigenvalue weighted by Gasteiger charge is 2.08. The summed E-state index contributed by atoms with van der Waals surface area (Å²) in [6.45, 7) is 2.27. The van der Waals surface area contributed by atoms with Gasteiger partial charge in [-0.3, -0.25) is 0 Å². The molecule has 0 N–H and O–H groups in total. The average molecular weight is 455 g/mol. The minimum absolute atomic E-state index is 1.06. The second-order valence-corrected chi connectivity index (χ2v) is 9.94. The van der Waals surface area contributed by atoms with Crippen LogP contribution >= 0.6 is 11.3 Å². The van der Waals surface area contributed by atoms with Gasteiger partial charge in [0.25, 0.3) is 0 Å². The largest absolute Gasteiger partial charge is 0.378 e. The van der Waals surface area contributed by atoms with Crippen molar-refractivity contribution in [2.24, 2.45) is 0 Å². The van der Waals surface area contributed by atoms with Gasteiger partial charge in [-0.2, -0.15) is 0 Å². The van der Waals surface area contributed by atoms with Crippen LogP contribution in [-0.4, -0.2) is 19.1 Å². The van der Waals surface area contributed by atoms with Crippen LogP contribution in [0.25, 0.3) is 32.1 Å². The Balaban J connectivity index is 1.39. The molecule has 1 heterocycles. The summed E-state index contributed by atoms with van der Waals surface area (Å²) in [6, 6.07) is 26.6. The Kier molecular flexibility index (Phi) is 7.96. The molecule has 0 amide bonds. The molecule has 33 heavy (non-hydrogen) atoms. The fraction of sp³-hybridized carbons (Fsp3) is 0.300. The van der Waals surface area contributed by atoms with E-state index >= 15 is 0 Å². The number of aromatic nitrogens is 1. The van der Waals surface area contributed by atoms with E-state index in [0.29, 0.717) is 0 Å². The molecule has 0 saturated heterocycles. The van der Waals surface area contributed by atoms with E-state index in [1.807, 2.05) is 6.20 Å². The first-order chi connectivity index (χ1) is 16.1. The van der Waals surface area contributed by atoms with Crippen molar-refractivity contribution in [2.45, 2.75) is 45.4 Å². The lowest BCUT2D eigenvalue weighted by Gasteiger charge is -2.11. The molecule has 0 unspecified atom stereocenters. The Bertz CT molecular complexity index is 1120. The number of thiazole rings is 1. The van der Waals surface area contributed by atoms with E-state index in [1.54, 1.807) is 11.3 Å². The normalized spacial score (nSPS) is 11.0. The highest BCUT2D eigenvalue weighted by molar-refractivity contribution is 7.18. The van der Waals surface area contributed by atoms with Crippen LogP contribution in [0.1, 0.15) is 44.6 Å². The molecular formula is C30H34N2S. The molecule has 0 spiro atoms. The van der Waals surface area contributed by atoms with Crippen LogP contribution in [0.5, 0.6) is 0 Å². The van der Waals surface area contributed by atoms with Gasteiger partial charge < -0.3 is 4.90 Å². The predicted molar refractivity (Wildman–Crippen MR) is 145 cm³/mol. The molecule has 0 aliphatic carbocycles. The van der Waals surface area contributed by atoms with Crippen LogP contribution < -0.4 is 4.90 Å². The van der Waals surface area contributed by atoms with Crippen molar-refractivity contribution in [3.63, 3.8) is 0 Å². The van der Waals surface area contributed by atoms with Gasteiger partial charge in [0.15, 0.2) is 0 Å². The summed E-state index contributed by atoms with van der Waals surface area (Å²) in [5.41, 5.74) is 7.57. The number of benzene rings is 3. The second-order valence-electron chi connectivity index (χ2n) is 8.91. The third-order valence-electron chi connectivity index (χ3n) is 6.16. The molecule has 3 heteroatoms. The molecule has 0 aliphatic rings. The first kappa shape index (κ1) is 23.3. The van der Waals surface area contributed by atoms with Gasteiger partial charge in [0, 0.05) is 31.5 Å². The molecule has 0 bridgehead atoms. The predicted octanol–water partition coefficient (Wildman–Crippen LogP) is 8.72. The van der Waals surface area contributed by atoms with E-state index in [2.05, 4.69) is 104 Å². The smallest absolute Gasteiger partial charge is 0.123 e. The Hall–Kier alpha value is -2.91. The van der Waals surface area contributed by atoms with Crippen LogP contribution in [0, 0.1) is 0 Å². The zero-order valence-electron chi connectivity index (χ0n) is 20.1. The fourth-order valence-corrected chi connectivity index (χ4v) is 4.99. The van der Waals surface area contributed by atoms with Crippen LogP contribution in [0.2, 0.25) is 0 Å². The Morgan fingerprint density at radius 2 is 1.24 bits per heavy atom. The summed E-state index contributed by atoms with van der Waals surface area (Å²) in [6.07, 6.45) is 9.86. The quantitative estimate of drug-likeness (QED) is 0.223. The number of rotatable bonds is 10. The standard InChI is InChI=1S/C30H34N2S/c1-4-5-6-7-8-9-23-10-12-24(13-11-23)25-14-16-26(17-15-25)29-22-31-30(33-29)27-18-20-28(21-19-27)32(2)3/h10-22H,4-9H2,1-3H3. The Morgan fingerprint density at radius 1 is 0.667 bits per heavy atom. The number of hydrogen-bond donors (Lipinski definition) is 0. The van der Waals surface area contributed by atoms with Crippen LogP contribution in [0.15, 0.2) is 79.0 Å². The third-order valence-corrected chi connectivity index (χ3v) is 7.26. The topological polar surface area (TPSA) is 16.1 Å². The molecule has 0 fully saturated rings. The first-order valence-electron chi connectivity index (χ1n) is 12.1. The maximum Gasteiger partial charge on any atom is 0.123 e. The number of anilines is 1. The molecule has 0 atom stereocenters. The molecule has 1 aromatic heterocycles. The SMILES string of the molecule is CCCCCCCc1ccc(-c2ccc(-c3cnc(-c4ccc(N(C)C)cc4)s3)cc2)cc1. The minimum atomic E-state index is 1.06. The maximum atomic E-state index is 4.67. The Labute approximate surface area is 203 Å². The van der Waals surface area contributed by atoms with Gasteiger partial charge in [-0.15, -0.1) is 11.3 Å². The monoisotopic (exact) mass is 454 g/mol. The highest BCUT2D eigenvalue weighted by Crippen LogP contribution is 2.33. The van der Waals surface area contributed by atoms with E-state index in [9.17, 15) is 0 Å². The van der Waals surface area contributed by atoms with Gasteiger partial charge in [0.1, 0.15) is 5.01 Å². The summed E-state index contributed by atoms with van der Waals surface area (Å²) in [4.78, 5) is 7.99. The lowest BCUT2D eigenvalue weighted by Crippen LogP contribution is -2.07. The van der Waals surface area contributed by atoms with Gasteiger partial charge in [0.2, 0.25) is 0 Å². The van der Waals surface area contributed by atoms with Gasteiger partial charge in [-0.25, -0.2) is 4.98 Å². The number of hydrogen-bond acceptors (Lipinski definition) is 3. The van der Waals surface area contributed by atoms with Crippen LogP contribution in [0.4, 0.5) is 5.69 Å². The number of nitrogens with zero attached hydrogens (tertiary/aromatic N) is 2. The minimum Gasteiger partial charge on any atom is -0.378 e. The lowest BCUT2D eigenvalue weighted by atomic mass is 10.00. The number of unbranched alkanes of at least 4 members (excludes halogenated alkanes) is 4. The van der Waals surface area contributed by atoms with Crippen molar-refractivity contribution < 1.29 is 0 Å². The zero-order valence-corrected chi connectivity index (χ0v) is 20.9. The van der Waals surface area contributed by atoms with E-state index in [0.717, 1.165) is 5.01 Å². The second kappa shape index (κ2) is 11.3. The van der Waals surface area contributed by atoms with Crippen molar-refractivity contribution in [3.05, 3.63) is 84.6 Å². The zero-order chi connectivity index (χ0) is 23.0. The number of aryl methyl sites for hydroxylation is 1. The van der Waals surface area contributed by atoms with Gasteiger partial charge in [0.05, 0.1) is 4.88 Å². The Morgan fingerprint density at radius 3 is 1.88 bits per heavy atom. The molecule has 0 radical (unpaired) electrons. The molecule has 3 aromatic carbocycles. The molecular weight excluding hydrogens is 420 g/mol. The molecule has 0 saturated carbocycles. The van der Waals surface area contributed by atoms with Gasteiger partial charge in [-0.1, -0.05) is 81.1 Å². The van der Waals surface area contributed by atoms with Crippen molar-refractivity contribution in [3.8, 4) is 32.1 Å². The van der Waals surface area contributed by atoms with E-state index < -0.39 is 0 Å². The fourth-order valence-electron chi connectivity index (χ4n) is 4.07. The summed E-state index contributed by atoms with van der Waals surface area (Å²) in [5, 5.41) is 1.06. The summed E-state index contributed by atoms with van der Waals surface area (Å²) >= 11 is 1.74. The maximum absolute atomic E-state index is 4.67. The van der Waals surface area contributed by atoms with Crippen LogP contribution in [0.3, 0.4) is 0 Å². The van der Waals surface area contributed by atoms with E-state index in [1.165, 1.54) is 76.9 Å². The first-order valence-corrected chi connectivity index (χ1v) is 12.9. The lowest BCUT2D eigenvalue weighted by molar-refractivity contribution is 0.632. The van der Waals surface area contributed by atoms with E-state index in [4.69, 9.17) is 0 Å². The summed E-state index contributed by atoms with van der Waals surface area (Å²) in [7, 11) is 4.12. The van der Waals surface area contributed by atoms with Crippen molar-refractivity contribution in [1.29, 1.82) is 0 Å². The molecule has 4 rings (SSSR count). The molecule has 0 aliphatic heterocycles. The van der Waals surface area contributed by atoms with Gasteiger partial charge >= 0.3 is 0 Å². The van der Waals surface area contributed by atoms with Gasteiger partial charge in [-0.05, 0) is 59.4 Å². The van der Waals surface area contributed by atoms with Crippen molar-refractivity contribution in [2.75, 3.05) is 19.0 Å².